The third-order valence-corrected chi connectivity index (χ3v) is 2.22. The van der Waals surface area contributed by atoms with E-state index in [1.165, 1.54) is 0 Å². The molecular formula is C9H7ClF2O4. The summed E-state index contributed by atoms with van der Waals surface area (Å²) < 4.78 is 25.8. The maximum absolute atomic E-state index is 12.9. The first-order chi connectivity index (χ1) is 7.26. The van der Waals surface area contributed by atoms with Gasteiger partial charge in [-0.05, 0) is 17.7 Å². The molecule has 0 aliphatic carbocycles. The SMILES string of the molecule is O=C(O)C(F)(F)C(O)c1ccc(O)c(Cl)c1. The van der Waals surface area contributed by atoms with Crippen LogP contribution >= 0.6 is 11.6 Å². The summed E-state index contributed by atoms with van der Waals surface area (Å²) in [6, 6.07) is 2.82. The van der Waals surface area contributed by atoms with E-state index >= 15 is 0 Å². The molecule has 7 heteroatoms. The molecule has 16 heavy (non-hydrogen) atoms. The standard InChI is InChI=1S/C9H7ClF2O4/c10-5-3-4(1-2-6(5)13)7(14)9(11,12)8(15)16/h1-3,7,13-14H,(H,15,16). The topological polar surface area (TPSA) is 77.8 Å². The number of rotatable bonds is 3. The second kappa shape index (κ2) is 4.23. The minimum atomic E-state index is -4.32. The summed E-state index contributed by atoms with van der Waals surface area (Å²) in [5.41, 5.74) is -0.393. The second-order valence-corrected chi connectivity index (χ2v) is 3.45. The molecule has 4 nitrogen and oxygen atoms in total. The van der Waals surface area contributed by atoms with Gasteiger partial charge in [-0.3, -0.25) is 0 Å². The smallest absolute Gasteiger partial charge is 0.377 e. The number of hydrogen-bond acceptors (Lipinski definition) is 3. The van der Waals surface area contributed by atoms with E-state index in [4.69, 9.17) is 26.9 Å². The van der Waals surface area contributed by atoms with E-state index in [1.54, 1.807) is 0 Å². The van der Waals surface area contributed by atoms with Crippen LogP contribution in [-0.2, 0) is 4.79 Å². The lowest BCUT2D eigenvalue weighted by Crippen LogP contribution is -2.35. The van der Waals surface area contributed by atoms with Gasteiger partial charge in [0.1, 0.15) is 5.75 Å². The molecule has 0 saturated heterocycles. The lowest BCUT2D eigenvalue weighted by Gasteiger charge is -2.18. The maximum atomic E-state index is 12.9. The normalized spacial score (nSPS) is 13.5. The maximum Gasteiger partial charge on any atom is 0.377 e. The number of aliphatic hydroxyl groups is 1. The Morgan fingerprint density at radius 2 is 2.00 bits per heavy atom. The Morgan fingerprint density at radius 3 is 2.44 bits per heavy atom. The third-order valence-electron chi connectivity index (χ3n) is 1.92. The molecule has 0 amide bonds. The van der Waals surface area contributed by atoms with Gasteiger partial charge in [0, 0.05) is 0 Å². The van der Waals surface area contributed by atoms with Crippen LogP contribution in [0.4, 0.5) is 8.78 Å². The Morgan fingerprint density at radius 1 is 1.44 bits per heavy atom. The lowest BCUT2D eigenvalue weighted by atomic mass is 10.0. The van der Waals surface area contributed by atoms with Crippen molar-refractivity contribution in [2.75, 3.05) is 0 Å². The Hall–Kier alpha value is -1.40. The van der Waals surface area contributed by atoms with Gasteiger partial charge in [-0.15, -0.1) is 0 Å². The summed E-state index contributed by atoms with van der Waals surface area (Å²) in [5, 5.41) is 26.1. The summed E-state index contributed by atoms with van der Waals surface area (Å²) in [6.45, 7) is 0. The molecule has 0 spiro atoms. The quantitative estimate of drug-likeness (QED) is 0.767. The number of phenolic OH excluding ortho intramolecular Hbond substituents is 1. The van der Waals surface area contributed by atoms with Crippen molar-refractivity contribution in [3.8, 4) is 5.75 Å². The molecule has 3 N–H and O–H groups in total. The minimum Gasteiger partial charge on any atom is -0.506 e. The van der Waals surface area contributed by atoms with Gasteiger partial charge in [0.25, 0.3) is 0 Å². The van der Waals surface area contributed by atoms with Crippen LogP contribution in [0.15, 0.2) is 18.2 Å². The fourth-order valence-corrected chi connectivity index (χ4v) is 1.21. The molecule has 1 rings (SSSR count). The molecule has 88 valence electrons. The predicted molar refractivity (Wildman–Crippen MR) is 50.7 cm³/mol. The molecule has 0 heterocycles. The molecule has 0 aromatic heterocycles. The van der Waals surface area contributed by atoms with Crippen LogP contribution < -0.4 is 0 Å². The number of carboxylic acid groups (broad SMARTS) is 1. The zero-order valence-corrected chi connectivity index (χ0v) is 8.45. The van der Waals surface area contributed by atoms with Gasteiger partial charge in [-0.2, -0.15) is 8.78 Å². The van der Waals surface area contributed by atoms with E-state index in [0.717, 1.165) is 18.2 Å². The summed E-state index contributed by atoms with van der Waals surface area (Å²) in [6.07, 6.45) is -2.52. The Bertz CT molecular complexity index is 422. The highest BCUT2D eigenvalue weighted by atomic mass is 35.5. The minimum absolute atomic E-state index is 0.252. The molecule has 0 bridgehead atoms. The largest absolute Gasteiger partial charge is 0.506 e. The molecule has 1 unspecified atom stereocenters. The molecule has 0 radical (unpaired) electrons. The summed E-state index contributed by atoms with van der Waals surface area (Å²) in [5.74, 6) is -7.11. The molecule has 0 saturated carbocycles. The summed E-state index contributed by atoms with van der Waals surface area (Å²) in [4.78, 5) is 10.2. The molecular weight excluding hydrogens is 246 g/mol. The van der Waals surface area contributed by atoms with Gasteiger partial charge in [0.2, 0.25) is 0 Å². The fourth-order valence-electron chi connectivity index (χ4n) is 1.02. The number of aliphatic carboxylic acids is 1. The average Bonchev–Trinajstić information content (AvgIpc) is 2.20. The van der Waals surface area contributed by atoms with E-state index in [9.17, 15) is 13.6 Å². The van der Waals surface area contributed by atoms with E-state index in [2.05, 4.69) is 0 Å². The molecule has 0 aliphatic heterocycles. The number of halogens is 3. The van der Waals surface area contributed by atoms with E-state index in [0.29, 0.717) is 0 Å². The van der Waals surface area contributed by atoms with Crippen LogP contribution in [0.5, 0.6) is 5.75 Å². The molecule has 1 aromatic carbocycles. The lowest BCUT2D eigenvalue weighted by molar-refractivity contribution is -0.182. The van der Waals surface area contributed by atoms with Gasteiger partial charge in [-0.25, -0.2) is 4.79 Å². The van der Waals surface area contributed by atoms with Crippen molar-refractivity contribution < 1.29 is 28.9 Å². The van der Waals surface area contributed by atoms with E-state index < -0.39 is 23.6 Å². The van der Waals surface area contributed by atoms with E-state index in [1.807, 2.05) is 0 Å². The van der Waals surface area contributed by atoms with Crippen LogP contribution in [-0.4, -0.2) is 27.2 Å². The van der Waals surface area contributed by atoms with Crippen LogP contribution in [0.3, 0.4) is 0 Å². The highest BCUT2D eigenvalue weighted by Crippen LogP contribution is 2.34. The molecule has 0 fully saturated rings. The number of carbonyl (C=O) groups is 1. The number of benzene rings is 1. The van der Waals surface area contributed by atoms with Gasteiger partial charge in [-0.1, -0.05) is 17.7 Å². The van der Waals surface area contributed by atoms with Crippen molar-refractivity contribution in [2.45, 2.75) is 12.0 Å². The van der Waals surface area contributed by atoms with Crippen molar-refractivity contribution in [1.29, 1.82) is 0 Å². The van der Waals surface area contributed by atoms with Gasteiger partial charge >= 0.3 is 11.9 Å². The van der Waals surface area contributed by atoms with Crippen LogP contribution in [0.1, 0.15) is 11.7 Å². The molecule has 0 aliphatic rings. The van der Waals surface area contributed by atoms with Gasteiger partial charge < -0.3 is 15.3 Å². The second-order valence-electron chi connectivity index (χ2n) is 3.04. The predicted octanol–water partition coefficient (Wildman–Crippen LogP) is 1.80. The Kier molecular flexibility index (Phi) is 3.35. The summed E-state index contributed by atoms with van der Waals surface area (Å²) in [7, 11) is 0. The molecule has 1 atom stereocenters. The zero-order valence-electron chi connectivity index (χ0n) is 7.69. The highest BCUT2D eigenvalue weighted by Gasteiger charge is 2.47. The fraction of sp³-hybridized carbons (Fsp3) is 0.222. The van der Waals surface area contributed by atoms with Gasteiger partial charge in [0.15, 0.2) is 6.10 Å². The van der Waals surface area contributed by atoms with Crippen molar-refractivity contribution in [3.05, 3.63) is 28.8 Å². The number of hydrogen-bond donors (Lipinski definition) is 3. The number of alkyl halides is 2. The van der Waals surface area contributed by atoms with Gasteiger partial charge in [0.05, 0.1) is 5.02 Å². The van der Waals surface area contributed by atoms with Crippen molar-refractivity contribution in [3.63, 3.8) is 0 Å². The zero-order chi connectivity index (χ0) is 12.5. The first-order valence-corrected chi connectivity index (χ1v) is 4.42. The van der Waals surface area contributed by atoms with Crippen molar-refractivity contribution in [2.24, 2.45) is 0 Å². The first kappa shape index (κ1) is 12.7. The Balaban J connectivity index is 3.10. The van der Waals surface area contributed by atoms with Crippen LogP contribution in [0.25, 0.3) is 0 Å². The third kappa shape index (κ3) is 2.23. The first-order valence-electron chi connectivity index (χ1n) is 4.04. The monoisotopic (exact) mass is 252 g/mol. The number of aliphatic hydroxyl groups excluding tert-OH is 1. The van der Waals surface area contributed by atoms with Crippen molar-refractivity contribution >= 4 is 17.6 Å². The number of aromatic hydroxyl groups is 1. The number of phenols is 1. The van der Waals surface area contributed by atoms with Crippen LogP contribution in [0.2, 0.25) is 5.02 Å². The molecule has 1 aromatic rings. The van der Waals surface area contributed by atoms with Crippen molar-refractivity contribution in [1.82, 2.24) is 0 Å². The van der Waals surface area contributed by atoms with Crippen LogP contribution in [0, 0.1) is 0 Å². The summed E-state index contributed by atoms with van der Waals surface area (Å²) >= 11 is 5.43. The van der Waals surface area contributed by atoms with E-state index in [-0.39, 0.29) is 10.8 Å². The average molecular weight is 253 g/mol. The number of carboxylic acids is 1. The highest BCUT2D eigenvalue weighted by molar-refractivity contribution is 6.32. The Labute approximate surface area is 93.7 Å².